The molecule has 186 valence electrons. The summed E-state index contributed by atoms with van der Waals surface area (Å²) >= 11 is 0. The Kier molecular flexibility index (Phi) is 6.79. The normalized spacial score (nSPS) is 22.5. The van der Waals surface area contributed by atoms with Gasteiger partial charge in [0.05, 0.1) is 38.1 Å². The summed E-state index contributed by atoms with van der Waals surface area (Å²) in [4.78, 5) is 32.9. The first-order valence-corrected chi connectivity index (χ1v) is 11.7. The van der Waals surface area contributed by atoms with Gasteiger partial charge in [-0.05, 0) is 61.5 Å². The molecule has 3 aromatic rings. The molecule has 4 atom stereocenters. The van der Waals surface area contributed by atoms with E-state index in [2.05, 4.69) is 25.9 Å². The summed E-state index contributed by atoms with van der Waals surface area (Å²) < 4.78 is 17.2. The molecule has 5 rings (SSSR count). The van der Waals surface area contributed by atoms with Gasteiger partial charge >= 0.3 is 6.03 Å². The fourth-order valence-corrected chi connectivity index (χ4v) is 4.39. The molecule has 2 aromatic carbocycles. The van der Waals surface area contributed by atoms with Crippen LogP contribution in [0.2, 0.25) is 0 Å². The van der Waals surface area contributed by atoms with E-state index in [9.17, 15) is 9.59 Å². The fourth-order valence-electron chi connectivity index (χ4n) is 4.39. The molecule has 1 aromatic heterocycles. The third kappa shape index (κ3) is 5.14. The number of nitrogens with zero attached hydrogens (tertiary/aromatic N) is 2. The van der Waals surface area contributed by atoms with E-state index >= 15 is 0 Å². The van der Waals surface area contributed by atoms with Gasteiger partial charge in [-0.25, -0.2) is 14.8 Å². The second-order valence-corrected chi connectivity index (χ2v) is 8.68. The maximum atomic E-state index is 12.5. The Morgan fingerprint density at radius 3 is 2.33 bits per heavy atom. The van der Waals surface area contributed by atoms with Crippen molar-refractivity contribution in [3.8, 4) is 17.0 Å². The summed E-state index contributed by atoms with van der Waals surface area (Å²) in [5.74, 6) is 1.23. The summed E-state index contributed by atoms with van der Waals surface area (Å²) in [6, 6.07) is 15.4. The number of hydrogen-bond acceptors (Lipinski definition) is 8. The number of fused-ring (bicyclic) bond motifs is 1. The summed E-state index contributed by atoms with van der Waals surface area (Å²) in [5.41, 5.74) is 2.91. The highest BCUT2D eigenvalue weighted by Crippen LogP contribution is 2.29. The molecule has 3 heterocycles. The molecular weight excluding hydrogens is 462 g/mol. The van der Waals surface area contributed by atoms with Crippen LogP contribution in [0.15, 0.2) is 60.8 Å². The zero-order chi connectivity index (χ0) is 25.1. The molecule has 2 fully saturated rings. The SMILES string of the molecule is COc1ccc(-c2ccnc(NC3COC4C(NC(=O)Nc5ccc(C(C)=O)cc5)COC34)n2)cc1. The van der Waals surface area contributed by atoms with Crippen LogP contribution in [-0.2, 0) is 9.47 Å². The fraction of sp³-hybridized carbons (Fsp3) is 0.308. The van der Waals surface area contributed by atoms with Crippen molar-refractivity contribution >= 4 is 23.5 Å². The molecule has 0 saturated carbocycles. The molecule has 2 saturated heterocycles. The highest BCUT2D eigenvalue weighted by Gasteiger charge is 2.48. The van der Waals surface area contributed by atoms with Crippen molar-refractivity contribution in [1.29, 1.82) is 0 Å². The minimum absolute atomic E-state index is 0.0282. The summed E-state index contributed by atoms with van der Waals surface area (Å²) in [7, 11) is 1.63. The number of aromatic nitrogens is 2. The molecule has 10 nitrogen and oxygen atoms in total. The van der Waals surface area contributed by atoms with Gasteiger partial charge in [0.2, 0.25) is 5.95 Å². The van der Waals surface area contributed by atoms with Crippen molar-refractivity contribution in [2.24, 2.45) is 0 Å². The number of amides is 2. The molecule has 0 bridgehead atoms. The van der Waals surface area contributed by atoms with E-state index in [4.69, 9.17) is 14.2 Å². The Balaban J connectivity index is 1.17. The lowest BCUT2D eigenvalue weighted by atomic mass is 10.1. The number of carbonyl (C=O) groups is 2. The lowest BCUT2D eigenvalue weighted by molar-refractivity contribution is 0.0683. The highest BCUT2D eigenvalue weighted by atomic mass is 16.6. The van der Waals surface area contributed by atoms with Gasteiger partial charge in [-0.2, -0.15) is 0 Å². The van der Waals surface area contributed by atoms with E-state index in [1.165, 1.54) is 6.92 Å². The number of methoxy groups -OCH3 is 1. The zero-order valence-corrected chi connectivity index (χ0v) is 19.9. The van der Waals surface area contributed by atoms with Crippen LogP contribution < -0.4 is 20.7 Å². The maximum absolute atomic E-state index is 12.5. The van der Waals surface area contributed by atoms with E-state index < -0.39 is 0 Å². The van der Waals surface area contributed by atoms with Crippen LogP contribution in [0.5, 0.6) is 5.75 Å². The van der Waals surface area contributed by atoms with Crippen LogP contribution in [0, 0.1) is 0 Å². The number of ether oxygens (including phenoxy) is 3. The minimum Gasteiger partial charge on any atom is -0.497 e. The number of urea groups is 1. The number of benzene rings is 2. The van der Waals surface area contributed by atoms with Crippen LogP contribution in [0.3, 0.4) is 0 Å². The Bertz CT molecular complexity index is 1230. The Morgan fingerprint density at radius 2 is 1.64 bits per heavy atom. The Hall–Kier alpha value is -4.02. The van der Waals surface area contributed by atoms with Gasteiger partial charge in [0.15, 0.2) is 5.78 Å². The van der Waals surface area contributed by atoms with Crippen molar-refractivity contribution in [2.75, 3.05) is 31.0 Å². The lowest BCUT2D eigenvalue weighted by Crippen LogP contribution is -2.46. The van der Waals surface area contributed by atoms with Crippen LogP contribution in [-0.4, -0.2) is 66.4 Å². The number of ketones is 1. The zero-order valence-electron chi connectivity index (χ0n) is 19.9. The van der Waals surface area contributed by atoms with Gasteiger partial charge in [-0.1, -0.05) is 0 Å². The van der Waals surface area contributed by atoms with Crippen molar-refractivity contribution < 1.29 is 23.8 Å². The molecule has 10 heteroatoms. The Morgan fingerprint density at radius 1 is 0.944 bits per heavy atom. The lowest BCUT2D eigenvalue weighted by Gasteiger charge is -2.19. The van der Waals surface area contributed by atoms with Crippen LogP contribution in [0.25, 0.3) is 11.3 Å². The van der Waals surface area contributed by atoms with Crippen LogP contribution >= 0.6 is 0 Å². The number of anilines is 2. The Labute approximate surface area is 208 Å². The predicted molar refractivity (Wildman–Crippen MR) is 133 cm³/mol. The third-order valence-electron chi connectivity index (χ3n) is 6.28. The maximum Gasteiger partial charge on any atom is 0.319 e. The van der Waals surface area contributed by atoms with Crippen LogP contribution in [0.4, 0.5) is 16.4 Å². The number of rotatable bonds is 7. The van der Waals surface area contributed by atoms with E-state index in [0.717, 1.165) is 17.0 Å². The molecule has 0 radical (unpaired) electrons. The standard InChI is InChI=1S/C26H27N5O5/c1-15(32)16-3-7-18(8-4-16)28-26(33)31-22-14-36-23-21(13-35-24(22)23)30-25-27-12-11-20(29-25)17-5-9-19(34-2)10-6-17/h3-12,21-24H,13-14H2,1-2H3,(H,27,29,30)(H2,28,31,33). The van der Waals surface area contributed by atoms with Crippen molar-refractivity contribution in [2.45, 2.75) is 31.2 Å². The molecular formula is C26H27N5O5. The topological polar surface area (TPSA) is 124 Å². The van der Waals surface area contributed by atoms with Gasteiger partial charge in [0, 0.05) is 23.0 Å². The second-order valence-electron chi connectivity index (χ2n) is 8.68. The quantitative estimate of drug-likeness (QED) is 0.433. The predicted octanol–water partition coefficient (Wildman–Crippen LogP) is 3.12. The van der Waals surface area contributed by atoms with Crippen LogP contribution in [0.1, 0.15) is 17.3 Å². The first-order chi connectivity index (χ1) is 17.5. The summed E-state index contributed by atoms with van der Waals surface area (Å²) in [6.45, 7) is 2.23. The molecule has 4 unspecified atom stereocenters. The van der Waals surface area contributed by atoms with Crippen molar-refractivity contribution in [3.05, 3.63) is 66.4 Å². The highest BCUT2D eigenvalue weighted by molar-refractivity contribution is 5.95. The molecule has 36 heavy (non-hydrogen) atoms. The first-order valence-electron chi connectivity index (χ1n) is 11.7. The smallest absolute Gasteiger partial charge is 0.319 e. The average Bonchev–Trinajstić information content (AvgIpc) is 3.48. The van der Waals surface area contributed by atoms with Crippen molar-refractivity contribution in [1.82, 2.24) is 15.3 Å². The van der Waals surface area contributed by atoms with Gasteiger partial charge in [0.25, 0.3) is 0 Å². The molecule has 2 amide bonds. The number of carbonyl (C=O) groups excluding carboxylic acids is 2. The van der Waals surface area contributed by atoms with E-state index in [-0.39, 0.29) is 36.1 Å². The summed E-state index contributed by atoms with van der Waals surface area (Å²) in [5, 5.41) is 9.02. The molecule has 0 aliphatic carbocycles. The van der Waals surface area contributed by atoms with E-state index in [0.29, 0.717) is 30.4 Å². The first kappa shape index (κ1) is 23.7. The average molecular weight is 490 g/mol. The molecule has 2 aliphatic rings. The van der Waals surface area contributed by atoms with Crippen molar-refractivity contribution in [3.63, 3.8) is 0 Å². The number of nitrogens with one attached hydrogen (secondary N) is 3. The van der Waals surface area contributed by atoms with E-state index in [1.54, 1.807) is 37.6 Å². The second kappa shape index (κ2) is 10.3. The van der Waals surface area contributed by atoms with Gasteiger partial charge in [-0.15, -0.1) is 0 Å². The minimum atomic E-state index is -0.365. The number of Topliss-reactive ketones (excluding diaryl/α,β-unsaturated/α-hetero) is 1. The largest absolute Gasteiger partial charge is 0.497 e. The third-order valence-corrected chi connectivity index (χ3v) is 6.28. The van der Waals surface area contributed by atoms with Gasteiger partial charge < -0.3 is 30.2 Å². The van der Waals surface area contributed by atoms with Gasteiger partial charge in [-0.3, -0.25) is 4.79 Å². The summed E-state index contributed by atoms with van der Waals surface area (Å²) in [6.07, 6.45) is 1.16. The van der Waals surface area contributed by atoms with Gasteiger partial charge in [0.1, 0.15) is 18.0 Å². The monoisotopic (exact) mass is 489 g/mol. The molecule has 0 spiro atoms. The van der Waals surface area contributed by atoms with E-state index in [1.807, 2.05) is 30.3 Å². The molecule has 3 N–H and O–H groups in total. The molecule has 2 aliphatic heterocycles. The number of hydrogen-bond donors (Lipinski definition) is 3.